The topological polar surface area (TPSA) is 43.1 Å². The van der Waals surface area contributed by atoms with E-state index in [0.29, 0.717) is 16.8 Å². The summed E-state index contributed by atoms with van der Waals surface area (Å²) in [6, 6.07) is 13.1. The number of anilines is 1. The molecule has 0 amide bonds. The number of hydrogen-bond acceptors (Lipinski definition) is 2. The third-order valence-corrected chi connectivity index (χ3v) is 3.77. The standard InChI is InChI=1S/C17H18BrNO/c1-17(2,3)12-6-4-11(5-7-12)16(20)14-10-13(18)8-9-15(14)19/h4-10H,19H2,1-3H3. The lowest BCUT2D eigenvalue weighted by molar-refractivity contribution is 0.103. The maximum atomic E-state index is 12.5. The molecule has 0 atom stereocenters. The number of ketones is 1. The molecule has 2 N–H and O–H groups in total. The minimum Gasteiger partial charge on any atom is -0.398 e. The summed E-state index contributed by atoms with van der Waals surface area (Å²) in [6.07, 6.45) is 0. The van der Waals surface area contributed by atoms with Gasteiger partial charge in [-0.05, 0) is 29.2 Å². The normalized spacial score (nSPS) is 11.4. The summed E-state index contributed by atoms with van der Waals surface area (Å²) < 4.78 is 0.848. The Kier molecular flexibility index (Phi) is 4.00. The third-order valence-electron chi connectivity index (χ3n) is 3.27. The van der Waals surface area contributed by atoms with Crippen LogP contribution in [0.2, 0.25) is 0 Å². The van der Waals surface area contributed by atoms with E-state index in [1.807, 2.05) is 30.3 Å². The van der Waals surface area contributed by atoms with Gasteiger partial charge in [0, 0.05) is 21.3 Å². The van der Waals surface area contributed by atoms with E-state index in [1.165, 1.54) is 5.56 Å². The van der Waals surface area contributed by atoms with Crippen LogP contribution in [0.4, 0.5) is 5.69 Å². The van der Waals surface area contributed by atoms with Gasteiger partial charge < -0.3 is 5.73 Å². The summed E-state index contributed by atoms with van der Waals surface area (Å²) in [7, 11) is 0. The second kappa shape index (κ2) is 5.41. The summed E-state index contributed by atoms with van der Waals surface area (Å²) in [5, 5.41) is 0. The van der Waals surface area contributed by atoms with Crippen molar-refractivity contribution in [1.29, 1.82) is 0 Å². The van der Waals surface area contributed by atoms with E-state index in [4.69, 9.17) is 5.73 Å². The Labute approximate surface area is 128 Å². The molecule has 0 heterocycles. The van der Waals surface area contributed by atoms with Gasteiger partial charge >= 0.3 is 0 Å². The number of halogens is 1. The van der Waals surface area contributed by atoms with Gasteiger partial charge in [0.2, 0.25) is 0 Å². The minimum atomic E-state index is -0.0516. The predicted octanol–water partition coefficient (Wildman–Crippen LogP) is 4.56. The Morgan fingerprint density at radius 2 is 1.65 bits per heavy atom. The van der Waals surface area contributed by atoms with Crippen molar-refractivity contribution in [3.8, 4) is 0 Å². The molecule has 0 bridgehead atoms. The lowest BCUT2D eigenvalue weighted by Crippen LogP contribution is -2.11. The molecule has 0 spiro atoms. The first-order valence-electron chi connectivity index (χ1n) is 6.49. The summed E-state index contributed by atoms with van der Waals surface area (Å²) in [6.45, 7) is 6.45. The molecule has 0 aliphatic carbocycles. The number of carbonyl (C=O) groups is 1. The predicted molar refractivity (Wildman–Crippen MR) is 87.1 cm³/mol. The van der Waals surface area contributed by atoms with Crippen LogP contribution in [0, 0.1) is 0 Å². The van der Waals surface area contributed by atoms with Crippen molar-refractivity contribution >= 4 is 27.4 Å². The first-order valence-corrected chi connectivity index (χ1v) is 7.28. The fraction of sp³-hybridized carbons (Fsp3) is 0.235. The Bertz CT molecular complexity index is 639. The fourth-order valence-electron chi connectivity index (χ4n) is 2.00. The van der Waals surface area contributed by atoms with E-state index in [9.17, 15) is 4.79 Å². The van der Waals surface area contributed by atoms with Crippen LogP contribution in [0.15, 0.2) is 46.9 Å². The molecular formula is C17H18BrNO. The zero-order valence-electron chi connectivity index (χ0n) is 11.9. The summed E-state index contributed by atoms with van der Waals surface area (Å²) in [5.74, 6) is -0.0516. The first-order chi connectivity index (χ1) is 9.29. The average molecular weight is 332 g/mol. The molecule has 0 aliphatic heterocycles. The van der Waals surface area contributed by atoms with Crippen molar-refractivity contribution in [3.05, 3.63) is 63.6 Å². The van der Waals surface area contributed by atoms with Crippen LogP contribution in [0.5, 0.6) is 0 Å². The molecule has 0 fully saturated rings. The molecule has 2 aromatic rings. The van der Waals surface area contributed by atoms with Gasteiger partial charge in [0.15, 0.2) is 5.78 Å². The molecule has 0 radical (unpaired) electrons. The van der Waals surface area contributed by atoms with Crippen molar-refractivity contribution in [1.82, 2.24) is 0 Å². The number of nitrogen functional groups attached to an aromatic ring is 1. The van der Waals surface area contributed by atoms with Gasteiger partial charge in [-0.2, -0.15) is 0 Å². The Hall–Kier alpha value is -1.61. The molecule has 3 heteroatoms. The Morgan fingerprint density at radius 3 is 2.20 bits per heavy atom. The van der Waals surface area contributed by atoms with Crippen molar-refractivity contribution in [2.75, 3.05) is 5.73 Å². The van der Waals surface area contributed by atoms with Crippen molar-refractivity contribution in [2.45, 2.75) is 26.2 Å². The van der Waals surface area contributed by atoms with Gasteiger partial charge in [-0.1, -0.05) is 61.0 Å². The number of benzene rings is 2. The second-order valence-electron chi connectivity index (χ2n) is 5.89. The molecule has 2 aromatic carbocycles. The largest absolute Gasteiger partial charge is 0.398 e. The summed E-state index contributed by atoms with van der Waals surface area (Å²) in [5.41, 5.74) is 8.85. The lowest BCUT2D eigenvalue weighted by atomic mass is 9.86. The number of rotatable bonds is 2. The van der Waals surface area contributed by atoms with E-state index >= 15 is 0 Å². The zero-order chi connectivity index (χ0) is 14.9. The zero-order valence-corrected chi connectivity index (χ0v) is 13.5. The van der Waals surface area contributed by atoms with Gasteiger partial charge in [0.1, 0.15) is 0 Å². The third kappa shape index (κ3) is 3.10. The van der Waals surface area contributed by atoms with E-state index in [2.05, 4.69) is 36.7 Å². The fourth-order valence-corrected chi connectivity index (χ4v) is 2.36. The highest BCUT2D eigenvalue weighted by molar-refractivity contribution is 9.10. The molecule has 0 unspecified atom stereocenters. The maximum Gasteiger partial charge on any atom is 0.195 e. The number of nitrogens with two attached hydrogens (primary N) is 1. The van der Waals surface area contributed by atoms with Crippen LogP contribution in [-0.4, -0.2) is 5.78 Å². The molecule has 104 valence electrons. The molecule has 2 nitrogen and oxygen atoms in total. The highest BCUT2D eigenvalue weighted by Crippen LogP contribution is 2.25. The molecule has 0 saturated carbocycles. The van der Waals surface area contributed by atoms with Crippen LogP contribution in [0.25, 0.3) is 0 Å². The quantitative estimate of drug-likeness (QED) is 0.647. The molecule has 0 saturated heterocycles. The maximum absolute atomic E-state index is 12.5. The van der Waals surface area contributed by atoms with Crippen molar-refractivity contribution < 1.29 is 4.79 Å². The van der Waals surface area contributed by atoms with Gasteiger partial charge in [0.25, 0.3) is 0 Å². The Morgan fingerprint density at radius 1 is 1.05 bits per heavy atom. The smallest absolute Gasteiger partial charge is 0.195 e. The van der Waals surface area contributed by atoms with Crippen LogP contribution < -0.4 is 5.73 Å². The Balaban J connectivity index is 2.37. The average Bonchev–Trinajstić information content (AvgIpc) is 2.40. The van der Waals surface area contributed by atoms with Crippen LogP contribution >= 0.6 is 15.9 Å². The minimum absolute atomic E-state index is 0.0516. The first kappa shape index (κ1) is 14.8. The highest BCUT2D eigenvalue weighted by Gasteiger charge is 2.16. The van der Waals surface area contributed by atoms with E-state index < -0.39 is 0 Å². The molecule has 20 heavy (non-hydrogen) atoms. The van der Waals surface area contributed by atoms with Crippen LogP contribution in [0.3, 0.4) is 0 Å². The van der Waals surface area contributed by atoms with Gasteiger partial charge in [-0.25, -0.2) is 0 Å². The monoisotopic (exact) mass is 331 g/mol. The molecular weight excluding hydrogens is 314 g/mol. The van der Waals surface area contributed by atoms with Gasteiger partial charge in [-0.15, -0.1) is 0 Å². The number of carbonyl (C=O) groups excluding carboxylic acids is 1. The van der Waals surface area contributed by atoms with Gasteiger partial charge in [0.05, 0.1) is 0 Å². The van der Waals surface area contributed by atoms with Crippen LogP contribution in [-0.2, 0) is 5.41 Å². The highest BCUT2D eigenvalue weighted by atomic mass is 79.9. The molecule has 2 rings (SSSR count). The lowest BCUT2D eigenvalue weighted by Gasteiger charge is -2.19. The van der Waals surface area contributed by atoms with E-state index in [1.54, 1.807) is 12.1 Å². The van der Waals surface area contributed by atoms with E-state index in [0.717, 1.165) is 4.47 Å². The van der Waals surface area contributed by atoms with Crippen molar-refractivity contribution in [2.24, 2.45) is 0 Å². The SMILES string of the molecule is CC(C)(C)c1ccc(C(=O)c2cc(Br)ccc2N)cc1. The molecule has 0 aliphatic rings. The summed E-state index contributed by atoms with van der Waals surface area (Å²) >= 11 is 3.37. The van der Waals surface area contributed by atoms with Crippen LogP contribution in [0.1, 0.15) is 42.3 Å². The summed E-state index contributed by atoms with van der Waals surface area (Å²) in [4.78, 5) is 12.5. The second-order valence-corrected chi connectivity index (χ2v) is 6.80. The van der Waals surface area contributed by atoms with Crippen molar-refractivity contribution in [3.63, 3.8) is 0 Å². The van der Waals surface area contributed by atoms with Gasteiger partial charge in [-0.3, -0.25) is 4.79 Å². The van der Waals surface area contributed by atoms with E-state index in [-0.39, 0.29) is 11.2 Å². The molecule has 0 aromatic heterocycles. The number of hydrogen-bond donors (Lipinski definition) is 1.